The van der Waals surface area contributed by atoms with Gasteiger partial charge in [-0.05, 0) is 17.2 Å². The summed E-state index contributed by atoms with van der Waals surface area (Å²) in [6, 6.07) is 7.99. The molecule has 0 fully saturated rings. The van der Waals surface area contributed by atoms with Gasteiger partial charge in [0, 0.05) is 12.1 Å². The summed E-state index contributed by atoms with van der Waals surface area (Å²) >= 11 is 0. The minimum Gasteiger partial charge on any atom is -0.366 e. The Hall–Kier alpha value is -2.41. The molecule has 0 radical (unpaired) electrons. The number of halogens is 4. The molecule has 1 amide bonds. The fraction of sp³-hybridized carbons (Fsp3) is 0.133. The molecule has 7 heteroatoms. The van der Waals surface area contributed by atoms with Crippen molar-refractivity contribution in [2.75, 3.05) is 0 Å². The number of carbonyl (C=O) groups is 1. The lowest BCUT2D eigenvalue weighted by Gasteiger charge is -2.18. The number of hydrogen-bond acceptors (Lipinski definition) is 2. The van der Waals surface area contributed by atoms with Crippen molar-refractivity contribution in [3.63, 3.8) is 0 Å². The van der Waals surface area contributed by atoms with Crippen molar-refractivity contribution in [2.24, 2.45) is 11.5 Å². The van der Waals surface area contributed by atoms with Crippen molar-refractivity contribution in [3.8, 4) is 11.1 Å². The van der Waals surface area contributed by atoms with E-state index in [2.05, 4.69) is 0 Å². The average molecular weight is 312 g/mol. The van der Waals surface area contributed by atoms with Gasteiger partial charge in [0.1, 0.15) is 5.82 Å². The van der Waals surface area contributed by atoms with Gasteiger partial charge < -0.3 is 11.5 Å². The molecule has 2 aromatic carbocycles. The van der Waals surface area contributed by atoms with Gasteiger partial charge in [0.25, 0.3) is 5.91 Å². The lowest BCUT2D eigenvalue weighted by Crippen LogP contribution is -2.20. The number of amides is 1. The Balaban J connectivity index is 2.91. The van der Waals surface area contributed by atoms with Gasteiger partial charge in [-0.15, -0.1) is 0 Å². The van der Waals surface area contributed by atoms with Crippen LogP contribution in [-0.2, 0) is 12.7 Å². The lowest BCUT2D eigenvalue weighted by molar-refractivity contribution is -0.138. The van der Waals surface area contributed by atoms with Crippen LogP contribution in [0.5, 0.6) is 0 Å². The zero-order valence-corrected chi connectivity index (χ0v) is 11.2. The predicted octanol–water partition coefficient (Wildman–Crippen LogP) is 3.07. The SMILES string of the molecule is NCc1c(C(F)(F)F)cc(C(N)=O)c(F)c1-c1ccccc1. The molecule has 3 nitrogen and oxygen atoms in total. The largest absolute Gasteiger partial charge is 0.416 e. The Kier molecular flexibility index (Phi) is 4.18. The van der Waals surface area contributed by atoms with E-state index in [0.29, 0.717) is 6.07 Å². The third kappa shape index (κ3) is 2.80. The maximum atomic E-state index is 14.5. The number of benzene rings is 2. The van der Waals surface area contributed by atoms with Crippen LogP contribution in [-0.4, -0.2) is 5.91 Å². The molecule has 116 valence electrons. The molecule has 0 aliphatic rings. The molecular formula is C15H12F4N2O. The average Bonchev–Trinajstić information content (AvgIpc) is 2.45. The molecule has 0 atom stereocenters. The molecule has 0 spiro atoms. The number of carbonyl (C=O) groups excluding carboxylic acids is 1. The fourth-order valence-corrected chi connectivity index (χ4v) is 2.25. The zero-order chi connectivity index (χ0) is 16.5. The minimum atomic E-state index is -4.78. The van der Waals surface area contributed by atoms with E-state index in [9.17, 15) is 22.4 Å². The van der Waals surface area contributed by atoms with Crippen LogP contribution in [0.25, 0.3) is 11.1 Å². The first-order chi connectivity index (χ1) is 10.3. The van der Waals surface area contributed by atoms with Gasteiger partial charge in [0.15, 0.2) is 0 Å². The van der Waals surface area contributed by atoms with Crippen molar-refractivity contribution in [3.05, 3.63) is 58.9 Å². The highest BCUT2D eigenvalue weighted by Gasteiger charge is 2.36. The van der Waals surface area contributed by atoms with E-state index in [4.69, 9.17) is 11.5 Å². The molecule has 0 saturated heterocycles. The van der Waals surface area contributed by atoms with Crippen LogP contribution in [0.4, 0.5) is 17.6 Å². The molecule has 0 aliphatic carbocycles. The summed E-state index contributed by atoms with van der Waals surface area (Å²) < 4.78 is 54.0. The topological polar surface area (TPSA) is 69.1 Å². The Bertz CT molecular complexity index is 712. The molecule has 0 unspecified atom stereocenters. The Labute approximate surface area is 123 Å². The lowest BCUT2D eigenvalue weighted by atomic mass is 9.91. The molecule has 4 N–H and O–H groups in total. The van der Waals surface area contributed by atoms with Gasteiger partial charge in [-0.3, -0.25) is 4.79 Å². The highest BCUT2D eigenvalue weighted by molar-refractivity contribution is 5.95. The van der Waals surface area contributed by atoms with Crippen molar-refractivity contribution in [1.29, 1.82) is 0 Å². The summed E-state index contributed by atoms with van der Waals surface area (Å²) in [6.07, 6.45) is -4.78. The summed E-state index contributed by atoms with van der Waals surface area (Å²) in [5.74, 6) is -2.38. The molecular weight excluding hydrogens is 300 g/mol. The van der Waals surface area contributed by atoms with Crippen LogP contribution < -0.4 is 11.5 Å². The summed E-state index contributed by atoms with van der Waals surface area (Å²) in [7, 11) is 0. The van der Waals surface area contributed by atoms with Gasteiger partial charge in [-0.2, -0.15) is 13.2 Å². The summed E-state index contributed by atoms with van der Waals surface area (Å²) in [5.41, 5.74) is 7.82. The summed E-state index contributed by atoms with van der Waals surface area (Å²) in [6.45, 7) is -0.533. The quantitative estimate of drug-likeness (QED) is 0.855. The first kappa shape index (κ1) is 16.0. The maximum absolute atomic E-state index is 14.5. The highest BCUT2D eigenvalue weighted by atomic mass is 19.4. The second-order valence-corrected chi connectivity index (χ2v) is 4.57. The van der Waals surface area contributed by atoms with Crippen LogP contribution >= 0.6 is 0 Å². The summed E-state index contributed by atoms with van der Waals surface area (Å²) in [4.78, 5) is 11.3. The molecule has 0 bridgehead atoms. The Morgan fingerprint density at radius 1 is 1.14 bits per heavy atom. The number of nitrogens with two attached hydrogens (primary N) is 2. The van der Waals surface area contributed by atoms with E-state index in [1.807, 2.05) is 0 Å². The van der Waals surface area contributed by atoms with Gasteiger partial charge in [-0.25, -0.2) is 4.39 Å². The van der Waals surface area contributed by atoms with Crippen LogP contribution in [0.2, 0.25) is 0 Å². The third-order valence-electron chi connectivity index (χ3n) is 3.21. The zero-order valence-electron chi connectivity index (χ0n) is 11.2. The maximum Gasteiger partial charge on any atom is 0.416 e. The van der Waals surface area contributed by atoms with Crippen LogP contribution in [0.15, 0.2) is 36.4 Å². The predicted molar refractivity (Wildman–Crippen MR) is 73.2 cm³/mol. The van der Waals surface area contributed by atoms with Crippen molar-refractivity contribution in [2.45, 2.75) is 12.7 Å². The second kappa shape index (κ2) is 5.76. The van der Waals surface area contributed by atoms with Gasteiger partial charge in [0.05, 0.1) is 11.1 Å². The van der Waals surface area contributed by atoms with E-state index in [0.717, 1.165) is 0 Å². The summed E-state index contributed by atoms with van der Waals surface area (Å²) in [5, 5.41) is 0. The van der Waals surface area contributed by atoms with Gasteiger partial charge >= 0.3 is 6.18 Å². The Morgan fingerprint density at radius 3 is 2.18 bits per heavy atom. The van der Waals surface area contributed by atoms with Gasteiger partial charge in [-0.1, -0.05) is 30.3 Å². The molecule has 2 rings (SSSR count). The van der Waals surface area contributed by atoms with Crippen molar-refractivity contribution in [1.82, 2.24) is 0 Å². The number of alkyl halides is 3. The molecule has 0 heterocycles. The standard InChI is InChI=1S/C15H12F4N2O/c16-13-9(14(21)22)6-11(15(17,18)19)10(7-20)12(13)8-4-2-1-3-5-8/h1-6H,7,20H2,(H2,21,22). The van der Waals surface area contributed by atoms with Crippen LogP contribution in [0.3, 0.4) is 0 Å². The van der Waals surface area contributed by atoms with E-state index in [1.54, 1.807) is 18.2 Å². The minimum absolute atomic E-state index is 0.189. The first-order valence-corrected chi connectivity index (χ1v) is 6.25. The molecule has 22 heavy (non-hydrogen) atoms. The monoisotopic (exact) mass is 312 g/mol. The molecule has 0 aromatic heterocycles. The molecule has 0 aliphatic heterocycles. The second-order valence-electron chi connectivity index (χ2n) is 4.57. The first-order valence-electron chi connectivity index (χ1n) is 6.25. The number of hydrogen-bond donors (Lipinski definition) is 2. The van der Waals surface area contributed by atoms with E-state index >= 15 is 0 Å². The van der Waals surface area contributed by atoms with E-state index in [-0.39, 0.29) is 11.1 Å². The van der Waals surface area contributed by atoms with E-state index < -0.39 is 41.1 Å². The normalized spacial score (nSPS) is 11.5. The van der Waals surface area contributed by atoms with Crippen molar-refractivity contribution >= 4 is 5.91 Å². The fourth-order valence-electron chi connectivity index (χ4n) is 2.25. The molecule has 0 saturated carbocycles. The van der Waals surface area contributed by atoms with Crippen LogP contribution in [0, 0.1) is 5.82 Å². The highest BCUT2D eigenvalue weighted by Crippen LogP contribution is 2.39. The smallest absolute Gasteiger partial charge is 0.366 e. The number of rotatable bonds is 3. The van der Waals surface area contributed by atoms with E-state index in [1.165, 1.54) is 12.1 Å². The third-order valence-corrected chi connectivity index (χ3v) is 3.21. The van der Waals surface area contributed by atoms with Crippen molar-refractivity contribution < 1.29 is 22.4 Å². The molecule has 2 aromatic rings. The van der Waals surface area contributed by atoms with Crippen LogP contribution in [0.1, 0.15) is 21.5 Å². The Morgan fingerprint density at radius 2 is 1.73 bits per heavy atom. The number of primary amides is 1. The van der Waals surface area contributed by atoms with Gasteiger partial charge in [0.2, 0.25) is 0 Å².